The first kappa shape index (κ1) is 33.1. The van der Waals surface area contributed by atoms with Gasteiger partial charge in [0.05, 0.1) is 6.04 Å². The van der Waals surface area contributed by atoms with Crippen LogP contribution in [0.2, 0.25) is 0 Å². The van der Waals surface area contributed by atoms with E-state index in [9.17, 15) is 45.9 Å². The molecule has 3 fully saturated rings. The van der Waals surface area contributed by atoms with Crippen molar-refractivity contribution in [3.8, 4) is 5.75 Å². The highest BCUT2D eigenvalue weighted by atomic mass is 19.4. The molecular formula is C29H35F5N4O6. The maximum Gasteiger partial charge on any atom is 0.471 e. The zero-order chi connectivity index (χ0) is 32.7. The molecule has 242 valence electrons. The second-order valence-electron chi connectivity index (χ2n) is 12.5. The number of nitrogens with zero attached hydrogens (tertiary/aromatic N) is 1. The van der Waals surface area contributed by atoms with Gasteiger partial charge in [-0.1, -0.05) is 27.7 Å². The molecule has 1 aromatic rings. The van der Waals surface area contributed by atoms with Crippen LogP contribution in [0, 0.1) is 40.7 Å². The van der Waals surface area contributed by atoms with E-state index in [1.165, 1.54) is 13.8 Å². The van der Waals surface area contributed by atoms with Crippen molar-refractivity contribution < 1.29 is 50.7 Å². The van der Waals surface area contributed by atoms with Gasteiger partial charge in [-0.3, -0.25) is 24.0 Å². The first-order valence-electron chi connectivity index (χ1n) is 14.3. The first-order valence-corrected chi connectivity index (χ1v) is 14.3. The number of Topliss-reactive ketones (excluding diaryl/α,β-unsaturated/α-hetero) is 1. The number of nitrogens with one attached hydrogen (secondary N) is 3. The number of ether oxygens (including phenoxy) is 1. The highest BCUT2D eigenvalue weighted by Crippen LogP contribution is 2.65. The number of rotatable bonds is 11. The molecule has 0 aromatic heterocycles. The summed E-state index contributed by atoms with van der Waals surface area (Å²) in [6, 6.07) is -1.54. The van der Waals surface area contributed by atoms with E-state index in [0.29, 0.717) is 19.0 Å². The number of likely N-dealkylation sites (tertiary alicyclic amines) is 1. The summed E-state index contributed by atoms with van der Waals surface area (Å²) in [5.74, 6) is -9.19. The van der Waals surface area contributed by atoms with Crippen molar-refractivity contribution in [3.05, 3.63) is 29.8 Å². The lowest BCUT2D eigenvalue weighted by Gasteiger charge is -2.35. The Bertz CT molecular complexity index is 1340. The maximum atomic E-state index is 14.1. The lowest BCUT2D eigenvalue weighted by Crippen LogP contribution is -2.59. The number of fused-ring (bicyclic) bond motifs is 1. The second kappa shape index (κ2) is 12.3. The van der Waals surface area contributed by atoms with Crippen molar-refractivity contribution in [3.63, 3.8) is 0 Å². The fraction of sp³-hybridized carbons (Fsp3) is 0.621. The molecule has 4 amide bonds. The minimum atomic E-state index is -5.22. The van der Waals surface area contributed by atoms with Crippen LogP contribution >= 0.6 is 0 Å². The quantitative estimate of drug-likeness (QED) is 0.321. The predicted molar refractivity (Wildman–Crippen MR) is 144 cm³/mol. The van der Waals surface area contributed by atoms with E-state index in [0.717, 1.165) is 17.0 Å². The molecule has 3 N–H and O–H groups in total. The summed E-state index contributed by atoms with van der Waals surface area (Å²) in [6.07, 6.45) is -4.97. The fourth-order valence-electron chi connectivity index (χ4n) is 6.25. The van der Waals surface area contributed by atoms with Gasteiger partial charge in [0.15, 0.2) is 17.3 Å². The molecule has 44 heavy (non-hydrogen) atoms. The van der Waals surface area contributed by atoms with Gasteiger partial charge in [0, 0.05) is 25.1 Å². The molecule has 1 aliphatic carbocycles. The number of carbonyl (C=O) groups is 5. The minimum Gasteiger partial charge on any atom is -0.483 e. The third-order valence-electron chi connectivity index (χ3n) is 8.89. The van der Waals surface area contributed by atoms with Gasteiger partial charge in [0.1, 0.15) is 24.5 Å². The monoisotopic (exact) mass is 630 g/mol. The van der Waals surface area contributed by atoms with Crippen LogP contribution in [0.4, 0.5) is 22.0 Å². The Balaban J connectivity index is 1.55. The Kier molecular flexibility index (Phi) is 9.27. The summed E-state index contributed by atoms with van der Waals surface area (Å²) >= 11 is 0. The molecule has 10 nitrogen and oxygen atoms in total. The van der Waals surface area contributed by atoms with Crippen molar-refractivity contribution >= 4 is 29.4 Å². The number of carbonyl (C=O) groups excluding carboxylic acids is 5. The molecule has 0 radical (unpaired) electrons. The molecule has 1 unspecified atom stereocenters. The largest absolute Gasteiger partial charge is 0.483 e. The van der Waals surface area contributed by atoms with Gasteiger partial charge in [0.2, 0.25) is 17.7 Å². The van der Waals surface area contributed by atoms with Gasteiger partial charge < -0.3 is 25.6 Å². The molecule has 3 aliphatic rings. The Morgan fingerprint density at radius 3 is 2.39 bits per heavy atom. The SMILES string of the molecule is CC(C)[C@H](NC(=O)C(F)(F)F)C(=O)N1C[C@H]2[C@@H]([C@H]1C(=O)N[C@@H](CC1CCNC1=O)C(=O)COc1ccc(F)cc1F)C2(C)C. The van der Waals surface area contributed by atoms with Crippen molar-refractivity contribution in [1.29, 1.82) is 0 Å². The van der Waals surface area contributed by atoms with Gasteiger partial charge in [-0.15, -0.1) is 0 Å². The molecule has 2 aliphatic heterocycles. The minimum absolute atomic E-state index is 0.0519. The normalized spacial score (nSPS) is 25.1. The summed E-state index contributed by atoms with van der Waals surface area (Å²) in [7, 11) is 0. The summed E-state index contributed by atoms with van der Waals surface area (Å²) < 4.78 is 71.6. The Morgan fingerprint density at radius 1 is 1.14 bits per heavy atom. The lowest BCUT2D eigenvalue weighted by molar-refractivity contribution is -0.175. The van der Waals surface area contributed by atoms with Crippen LogP contribution in [-0.2, 0) is 24.0 Å². The van der Waals surface area contributed by atoms with Gasteiger partial charge >= 0.3 is 12.1 Å². The summed E-state index contributed by atoms with van der Waals surface area (Å²) in [5, 5.41) is 7.00. The molecule has 0 bridgehead atoms. The topological polar surface area (TPSA) is 134 Å². The van der Waals surface area contributed by atoms with Crippen LogP contribution in [0.25, 0.3) is 0 Å². The van der Waals surface area contributed by atoms with E-state index in [1.54, 1.807) is 5.32 Å². The fourth-order valence-corrected chi connectivity index (χ4v) is 6.25. The first-order chi connectivity index (χ1) is 20.4. The molecule has 1 aromatic carbocycles. The Hall–Kier alpha value is -3.78. The van der Waals surface area contributed by atoms with E-state index >= 15 is 0 Å². The average molecular weight is 631 g/mol. The van der Waals surface area contributed by atoms with Crippen LogP contribution in [0.3, 0.4) is 0 Å². The number of hydrogen-bond donors (Lipinski definition) is 3. The van der Waals surface area contributed by atoms with E-state index in [2.05, 4.69) is 10.6 Å². The van der Waals surface area contributed by atoms with Crippen molar-refractivity contribution in [2.75, 3.05) is 19.7 Å². The number of hydrogen-bond acceptors (Lipinski definition) is 6. The molecule has 15 heteroatoms. The van der Waals surface area contributed by atoms with Crippen molar-refractivity contribution in [1.82, 2.24) is 20.9 Å². The number of ketones is 1. The zero-order valence-electron chi connectivity index (χ0n) is 24.6. The number of benzene rings is 1. The predicted octanol–water partition coefficient (Wildman–Crippen LogP) is 2.11. The smallest absolute Gasteiger partial charge is 0.471 e. The average Bonchev–Trinajstić information content (AvgIpc) is 3.26. The molecular weight excluding hydrogens is 595 g/mol. The number of alkyl halides is 3. The maximum absolute atomic E-state index is 14.1. The van der Waals surface area contributed by atoms with Crippen LogP contribution in [0.1, 0.15) is 40.5 Å². The van der Waals surface area contributed by atoms with Crippen LogP contribution < -0.4 is 20.7 Å². The summed E-state index contributed by atoms with van der Waals surface area (Å²) in [6.45, 7) is 6.36. The van der Waals surface area contributed by atoms with Crippen LogP contribution in [0.15, 0.2) is 18.2 Å². The van der Waals surface area contributed by atoms with Gasteiger partial charge in [-0.05, 0) is 48.1 Å². The standard InChI is InChI=1S/C29H35F5N4O6/c1-13(2)22(37-27(43)29(32,33)34)26(42)38-11-16-21(28(16,3)4)23(38)25(41)36-18(9-14-7-8-35-24(14)40)19(39)12-44-20-6-5-15(30)10-17(20)31/h5-6,10,13-14,16,18,21-23H,7-9,11-12H2,1-4H3,(H,35,40)(H,36,41)(H,37,43)/t14?,16-,18-,21-,22-,23-/m0/s1. The van der Waals surface area contributed by atoms with Crippen molar-refractivity contribution in [2.24, 2.45) is 29.1 Å². The van der Waals surface area contributed by atoms with Gasteiger partial charge in [-0.2, -0.15) is 13.2 Å². The third-order valence-corrected chi connectivity index (χ3v) is 8.89. The highest BCUT2D eigenvalue weighted by molar-refractivity contribution is 5.97. The van der Waals surface area contributed by atoms with E-state index < -0.39 is 89.0 Å². The summed E-state index contributed by atoms with van der Waals surface area (Å²) in [5.41, 5.74) is -0.393. The highest BCUT2D eigenvalue weighted by Gasteiger charge is 2.69. The van der Waals surface area contributed by atoms with Crippen molar-refractivity contribution in [2.45, 2.75) is 64.8 Å². The molecule has 0 spiro atoms. The summed E-state index contributed by atoms with van der Waals surface area (Å²) in [4.78, 5) is 65.8. The number of halogens is 5. The van der Waals surface area contributed by atoms with Gasteiger partial charge in [0.25, 0.3) is 0 Å². The molecule has 6 atom stereocenters. The Labute approximate surface area is 250 Å². The molecule has 4 rings (SSSR count). The number of piperidine rings is 1. The number of amides is 4. The molecule has 2 saturated heterocycles. The van der Waals surface area contributed by atoms with Gasteiger partial charge in [-0.25, -0.2) is 8.78 Å². The van der Waals surface area contributed by atoms with Crippen LogP contribution in [-0.4, -0.2) is 78.3 Å². The van der Waals surface area contributed by atoms with E-state index in [1.807, 2.05) is 13.8 Å². The van der Waals surface area contributed by atoms with E-state index in [4.69, 9.17) is 4.74 Å². The molecule has 2 heterocycles. The second-order valence-corrected chi connectivity index (χ2v) is 12.5. The Morgan fingerprint density at radius 2 is 1.82 bits per heavy atom. The van der Waals surface area contributed by atoms with E-state index in [-0.39, 0.29) is 30.7 Å². The van der Waals surface area contributed by atoms with Crippen LogP contribution in [0.5, 0.6) is 5.75 Å². The zero-order valence-corrected chi connectivity index (χ0v) is 24.6. The molecule has 1 saturated carbocycles. The lowest BCUT2D eigenvalue weighted by atomic mass is 9.94. The third kappa shape index (κ3) is 6.80.